The molecule has 100 valence electrons. The summed E-state index contributed by atoms with van der Waals surface area (Å²) in [5.41, 5.74) is 0.926. The Balaban J connectivity index is 2.20. The van der Waals surface area contributed by atoms with Gasteiger partial charge in [-0.05, 0) is 6.92 Å². The number of aryl methyl sites for hydroxylation is 1. The van der Waals surface area contributed by atoms with Gasteiger partial charge in [-0.3, -0.25) is 14.9 Å². The van der Waals surface area contributed by atoms with Crippen molar-refractivity contribution in [1.82, 2.24) is 14.6 Å². The number of aromatic nitrogens is 3. The van der Waals surface area contributed by atoms with Gasteiger partial charge < -0.3 is 0 Å². The third-order valence-corrected chi connectivity index (χ3v) is 3.63. The minimum atomic E-state index is -0.467. The van der Waals surface area contributed by atoms with Gasteiger partial charge in [-0.25, -0.2) is 4.98 Å². The van der Waals surface area contributed by atoms with Gasteiger partial charge in [0.25, 0.3) is 11.2 Å². The summed E-state index contributed by atoms with van der Waals surface area (Å²) >= 11 is 1.22. The Hall–Kier alpha value is -2.61. The van der Waals surface area contributed by atoms with Gasteiger partial charge in [0.15, 0.2) is 0 Å². The van der Waals surface area contributed by atoms with Crippen molar-refractivity contribution in [2.24, 2.45) is 0 Å². The van der Waals surface area contributed by atoms with Crippen LogP contribution in [0.15, 0.2) is 35.1 Å². The maximum Gasteiger partial charge on any atom is 0.275 e. The standard InChI is InChI=1S/C12H8N4O3S/c1-7-5-10(17)15-12(13-7)20-11(14-15)8-3-2-4-9(6-8)16(18)19/h2-6H,1H3. The highest BCUT2D eigenvalue weighted by Crippen LogP contribution is 2.27. The summed E-state index contributed by atoms with van der Waals surface area (Å²) in [7, 11) is 0. The van der Waals surface area contributed by atoms with E-state index in [9.17, 15) is 14.9 Å². The molecule has 7 nitrogen and oxygen atoms in total. The Kier molecular flexibility index (Phi) is 2.79. The van der Waals surface area contributed by atoms with Gasteiger partial charge in [-0.15, -0.1) is 0 Å². The fraction of sp³-hybridized carbons (Fsp3) is 0.0833. The number of non-ortho nitro benzene ring substituents is 1. The molecule has 2 heterocycles. The van der Waals surface area contributed by atoms with Crippen LogP contribution in [0.2, 0.25) is 0 Å². The summed E-state index contributed by atoms with van der Waals surface area (Å²) in [4.78, 5) is 26.8. The quantitative estimate of drug-likeness (QED) is 0.531. The van der Waals surface area contributed by atoms with Crippen molar-refractivity contribution in [3.05, 3.63) is 56.5 Å². The first-order valence-electron chi connectivity index (χ1n) is 5.67. The summed E-state index contributed by atoms with van der Waals surface area (Å²) in [6.07, 6.45) is 0. The van der Waals surface area contributed by atoms with E-state index in [1.165, 1.54) is 34.1 Å². The first kappa shape index (κ1) is 12.4. The summed E-state index contributed by atoms with van der Waals surface area (Å²) in [5.74, 6) is 0. The molecule has 0 aliphatic rings. The third-order valence-electron chi connectivity index (χ3n) is 2.68. The molecule has 3 aromatic rings. The Labute approximate surface area is 116 Å². The minimum Gasteiger partial charge on any atom is -0.267 e. The van der Waals surface area contributed by atoms with Crippen LogP contribution in [-0.4, -0.2) is 19.5 Å². The zero-order valence-electron chi connectivity index (χ0n) is 10.3. The lowest BCUT2D eigenvalue weighted by Crippen LogP contribution is -2.14. The molecule has 0 amide bonds. The van der Waals surface area contributed by atoms with Crippen LogP contribution < -0.4 is 5.56 Å². The average Bonchev–Trinajstić information content (AvgIpc) is 2.83. The normalized spacial score (nSPS) is 10.8. The molecule has 0 aliphatic heterocycles. The van der Waals surface area contributed by atoms with Crippen LogP contribution in [0.4, 0.5) is 5.69 Å². The molecular weight excluding hydrogens is 280 g/mol. The smallest absolute Gasteiger partial charge is 0.267 e. The number of hydrogen-bond donors (Lipinski definition) is 0. The Morgan fingerprint density at radius 3 is 2.90 bits per heavy atom. The maximum absolute atomic E-state index is 11.8. The highest BCUT2D eigenvalue weighted by atomic mass is 32.1. The van der Waals surface area contributed by atoms with Crippen LogP contribution >= 0.6 is 11.3 Å². The summed E-state index contributed by atoms with van der Waals surface area (Å²) in [5, 5.41) is 15.5. The number of hydrogen-bond acceptors (Lipinski definition) is 6. The van der Waals surface area contributed by atoms with Crippen LogP contribution in [0.25, 0.3) is 15.5 Å². The molecule has 2 aromatic heterocycles. The second kappa shape index (κ2) is 4.49. The van der Waals surface area contributed by atoms with Gasteiger partial charge in [-0.2, -0.15) is 9.61 Å². The lowest BCUT2D eigenvalue weighted by atomic mass is 10.2. The zero-order chi connectivity index (χ0) is 14.3. The van der Waals surface area contributed by atoms with Gasteiger partial charge in [0.05, 0.1) is 4.92 Å². The second-order valence-electron chi connectivity index (χ2n) is 4.14. The highest BCUT2D eigenvalue weighted by Gasteiger charge is 2.12. The number of benzene rings is 1. The van der Waals surface area contributed by atoms with Crippen LogP contribution in [0.1, 0.15) is 5.69 Å². The van der Waals surface area contributed by atoms with Crippen LogP contribution in [0, 0.1) is 17.0 Å². The van der Waals surface area contributed by atoms with Crippen LogP contribution in [0.5, 0.6) is 0 Å². The molecule has 1 aromatic carbocycles. The number of nitro benzene ring substituents is 1. The highest BCUT2D eigenvalue weighted by molar-refractivity contribution is 7.19. The van der Waals surface area contributed by atoms with Crippen LogP contribution in [-0.2, 0) is 0 Å². The number of nitrogens with zero attached hydrogens (tertiary/aromatic N) is 4. The van der Waals surface area contributed by atoms with E-state index < -0.39 is 4.92 Å². The molecule has 0 aliphatic carbocycles. The predicted octanol–water partition coefficient (Wildman–Crippen LogP) is 2.03. The van der Waals surface area contributed by atoms with E-state index in [2.05, 4.69) is 10.1 Å². The first-order chi connectivity index (χ1) is 9.54. The molecule has 0 atom stereocenters. The zero-order valence-corrected chi connectivity index (χ0v) is 11.1. The van der Waals surface area contributed by atoms with Crippen molar-refractivity contribution in [1.29, 1.82) is 0 Å². The molecule has 0 fully saturated rings. The van der Waals surface area contributed by atoms with E-state index in [0.29, 0.717) is 21.2 Å². The number of nitro groups is 1. The van der Waals surface area contributed by atoms with Crippen molar-refractivity contribution in [3.8, 4) is 10.6 Å². The van der Waals surface area contributed by atoms with E-state index in [4.69, 9.17) is 0 Å². The topological polar surface area (TPSA) is 90.4 Å². The molecule has 8 heteroatoms. The number of fused-ring (bicyclic) bond motifs is 1. The SMILES string of the molecule is Cc1cc(=O)n2nc(-c3cccc([N+](=O)[O-])c3)sc2n1. The fourth-order valence-electron chi connectivity index (χ4n) is 1.79. The average molecular weight is 288 g/mol. The van der Waals surface area contributed by atoms with Crippen LogP contribution in [0.3, 0.4) is 0 Å². The van der Waals surface area contributed by atoms with Gasteiger partial charge in [0.1, 0.15) is 5.01 Å². The van der Waals surface area contributed by atoms with Crippen molar-refractivity contribution in [2.75, 3.05) is 0 Å². The van der Waals surface area contributed by atoms with Crippen molar-refractivity contribution < 1.29 is 4.92 Å². The van der Waals surface area contributed by atoms with E-state index >= 15 is 0 Å². The molecule has 0 N–H and O–H groups in total. The molecule has 0 spiro atoms. The number of rotatable bonds is 2. The largest absolute Gasteiger partial charge is 0.275 e. The first-order valence-corrected chi connectivity index (χ1v) is 6.48. The predicted molar refractivity (Wildman–Crippen MR) is 74.0 cm³/mol. The Morgan fingerprint density at radius 2 is 2.15 bits per heavy atom. The minimum absolute atomic E-state index is 0.0155. The molecule has 0 saturated carbocycles. The van der Waals surface area contributed by atoms with Crippen molar-refractivity contribution in [3.63, 3.8) is 0 Å². The monoisotopic (exact) mass is 288 g/mol. The van der Waals surface area contributed by atoms with E-state index in [1.54, 1.807) is 19.1 Å². The Morgan fingerprint density at radius 1 is 1.35 bits per heavy atom. The maximum atomic E-state index is 11.8. The lowest BCUT2D eigenvalue weighted by Gasteiger charge is -1.94. The second-order valence-corrected chi connectivity index (χ2v) is 5.10. The summed E-state index contributed by atoms with van der Waals surface area (Å²) in [6, 6.07) is 7.52. The van der Waals surface area contributed by atoms with E-state index in [0.717, 1.165) is 0 Å². The van der Waals surface area contributed by atoms with Crippen molar-refractivity contribution in [2.45, 2.75) is 6.92 Å². The fourth-order valence-corrected chi connectivity index (χ4v) is 2.74. The molecule has 0 unspecified atom stereocenters. The molecule has 0 radical (unpaired) electrons. The molecular formula is C12H8N4O3S. The molecule has 20 heavy (non-hydrogen) atoms. The molecule has 0 saturated heterocycles. The van der Waals surface area contributed by atoms with E-state index in [1.807, 2.05) is 0 Å². The lowest BCUT2D eigenvalue weighted by molar-refractivity contribution is -0.384. The van der Waals surface area contributed by atoms with E-state index in [-0.39, 0.29) is 11.2 Å². The molecule has 0 bridgehead atoms. The van der Waals surface area contributed by atoms with Crippen molar-refractivity contribution >= 4 is 22.0 Å². The molecule has 3 rings (SSSR count). The summed E-state index contributed by atoms with van der Waals surface area (Å²) < 4.78 is 1.20. The third kappa shape index (κ3) is 2.05. The van der Waals surface area contributed by atoms with Gasteiger partial charge >= 0.3 is 0 Å². The van der Waals surface area contributed by atoms with Gasteiger partial charge in [0.2, 0.25) is 4.96 Å². The Bertz CT molecular complexity index is 884. The van der Waals surface area contributed by atoms with Gasteiger partial charge in [-0.1, -0.05) is 23.5 Å². The van der Waals surface area contributed by atoms with Gasteiger partial charge in [0, 0.05) is 29.5 Å². The summed E-state index contributed by atoms with van der Waals surface area (Å²) in [6.45, 7) is 1.73.